The molecular weight excluding hydrogens is 247 g/mol. The van der Waals surface area contributed by atoms with E-state index in [0.717, 1.165) is 25.4 Å². The highest BCUT2D eigenvalue weighted by atomic mass is 19.4. The van der Waals surface area contributed by atoms with Crippen molar-refractivity contribution in [3.05, 3.63) is 18.0 Å². The lowest BCUT2D eigenvalue weighted by Gasteiger charge is -2.17. The quantitative estimate of drug-likeness (QED) is 0.788. The van der Waals surface area contributed by atoms with Crippen LogP contribution in [-0.4, -0.2) is 34.1 Å². The highest BCUT2D eigenvalue weighted by molar-refractivity contribution is 5.08. The van der Waals surface area contributed by atoms with Gasteiger partial charge in [0.2, 0.25) is 0 Å². The number of aromatic nitrogens is 2. The second-order valence-electron chi connectivity index (χ2n) is 4.11. The number of halogens is 3. The van der Waals surface area contributed by atoms with Crippen LogP contribution in [0.3, 0.4) is 0 Å². The maximum atomic E-state index is 12.4. The lowest BCUT2D eigenvalue weighted by atomic mass is 10.2. The first kappa shape index (κ1) is 15.0. The normalized spacial score (nSPS) is 13.8. The zero-order chi connectivity index (χ0) is 13.6. The molecule has 1 heterocycles. The highest BCUT2D eigenvalue weighted by Crippen LogP contribution is 2.28. The summed E-state index contributed by atoms with van der Waals surface area (Å²) >= 11 is 0. The summed E-state index contributed by atoms with van der Waals surface area (Å²) in [7, 11) is 0. The van der Waals surface area contributed by atoms with Gasteiger partial charge in [-0.05, 0) is 19.4 Å². The molecule has 0 aliphatic heterocycles. The van der Waals surface area contributed by atoms with Gasteiger partial charge in [-0.2, -0.15) is 18.3 Å². The van der Waals surface area contributed by atoms with Crippen molar-refractivity contribution in [3.63, 3.8) is 0 Å². The molecule has 2 N–H and O–H groups in total. The second kappa shape index (κ2) is 6.75. The molecule has 0 saturated heterocycles. The summed E-state index contributed by atoms with van der Waals surface area (Å²) in [6.45, 7) is 3.07. The van der Waals surface area contributed by atoms with E-state index in [1.807, 2.05) is 6.92 Å². The van der Waals surface area contributed by atoms with Crippen molar-refractivity contribution in [2.24, 2.45) is 0 Å². The van der Waals surface area contributed by atoms with E-state index in [1.54, 1.807) is 0 Å². The highest BCUT2D eigenvalue weighted by Gasteiger charge is 2.32. The summed E-state index contributed by atoms with van der Waals surface area (Å²) in [4.78, 5) is 0. The van der Waals surface area contributed by atoms with Gasteiger partial charge >= 0.3 is 6.18 Å². The van der Waals surface area contributed by atoms with Gasteiger partial charge in [0.05, 0.1) is 18.3 Å². The summed E-state index contributed by atoms with van der Waals surface area (Å²) < 4.78 is 38.4. The van der Waals surface area contributed by atoms with Crippen LogP contribution in [0.15, 0.2) is 12.4 Å². The Balaban J connectivity index is 2.60. The van der Waals surface area contributed by atoms with E-state index in [4.69, 9.17) is 5.11 Å². The molecule has 1 aromatic rings. The van der Waals surface area contributed by atoms with Crippen molar-refractivity contribution in [1.29, 1.82) is 0 Å². The maximum absolute atomic E-state index is 12.4. The van der Waals surface area contributed by atoms with Gasteiger partial charge in [0.25, 0.3) is 0 Å². The average molecular weight is 265 g/mol. The fraction of sp³-hybridized carbons (Fsp3) is 0.727. The van der Waals surface area contributed by atoms with Gasteiger partial charge in [-0.15, -0.1) is 0 Å². The van der Waals surface area contributed by atoms with E-state index in [2.05, 4.69) is 10.4 Å². The number of rotatable bonds is 7. The van der Waals surface area contributed by atoms with E-state index in [9.17, 15) is 13.2 Å². The molecule has 18 heavy (non-hydrogen) atoms. The van der Waals surface area contributed by atoms with Crippen LogP contribution in [-0.2, 0) is 12.7 Å². The van der Waals surface area contributed by atoms with Crippen LogP contribution in [0, 0.1) is 0 Å². The first-order chi connectivity index (χ1) is 8.47. The predicted molar refractivity (Wildman–Crippen MR) is 61.0 cm³/mol. The summed E-state index contributed by atoms with van der Waals surface area (Å²) in [6, 6.07) is -0.0732. The minimum absolute atomic E-state index is 0.00518. The first-order valence-electron chi connectivity index (χ1n) is 5.91. The molecule has 0 fully saturated rings. The molecule has 0 radical (unpaired) electrons. The van der Waals surface area contributed by atoms with Crippen molar-refractivity contribution in [2.75, 3.05) is 13.2 Å². The minimum atomic E-state index is -4.36. The summed E-state index contributed by atoms with van der Waals surface area (Å²) in [5, 5.41) is 15.8. The predicted octanol–water partition coefficient (Wildman–Crippen LogP) is 1.65. The lowest BCUT2D eigenvalue weighted by Crippen LogP contribution is -2.34. The Morgan fingerprint density at radius 1 is 1.50 bits per heavy atom. The van der Waals surface area contributed by atoms with E-state index in [1.165, 1.54) is 4.68 Å². The summed E-state index contributed by atoms with van der Waals surface area (Å²) in [6.07, 6.45) is -1.15. The molecule has 4 nitrogen and oxygen atoms in total. The second-order valence-corrected chi connectivity index (χ2v) is 4.11. The Morgan fingerprint density at radius 2 is 2.22 bits per heavy atom. The fourth-order valence-corrected chi connectivity index (χ4v) is 1.60. The molecule has 1 unspecified atom stereocenters. The van der Waals surface area contributed by atoms with Crippen molar-refractivity contribution in [1.82, 2.24) is 15.1 Å². The SMILES string of the molecule is CCCNC(CCO)Cn1cc(C(F)(F)F)cn1. The van der Waals surface area contributed by atoms with E-state index < -0.39 is 11.7 Å². The third-order valence-electron chi connectivity index (χ3n) is 2.53. The molecule has 0 aliphatic carbocycles. The fourth-order valence-electron chi connectivity index (χ4n) is 1.60. The Hall–Kier alpha value is -1.08. The van der Waals surface area contributed by atoms with Crippen LogP contribution < -0.4 is 5.32 Å². The molecule has 1 atom stereocenters. The number of aliphatic hydroxyl groups excluding tert-OH is 1. The molecular formula is C11H18F3N3O. The zero-order valence-electron chi connectivity index (χ0n) is 10.2. The lowest BCUT2D eigenvalue weighted by molar-refractivity contribution is -0.137. The smallest absolute Gasteiger partial charge is 0.396 e. The Labute approximate surface area is 104 Å². The van der Waals surface area contributed by atoms with Gasteiger partial charge in [-0.3, -0.25) is 4.68 Å². The number of hydrogen-bond acceptors (Lipinski definition) is 3. The topological polar surface area (TPSA) is 50.1 Å². The number of hydrogen-bond donors (Lipinski definition) is 2. The van der Waals surface area contributed by atoms with Crippen molar-refractivity contribution in [2.45, 2.75) is 38.5 Å². The number of aliphatic hydroxyl groups is 1. The third-order valence-corrected chi connectivity index (χ3v) is 2.53. The van der Waals surface area contributed by atoms with E-state index in [-0.39, 0.29) is 12.6 Å². The van der Waals surface area contributed by atoms with Crippen LogP contribution in [0.2, 0.25) is 0 Å². The van der Waals surface area contributed by atoms with Crippen LogP contribution in [0.4, 0.5) is 13.2 Å². The van der Waals surface area contributed by atoms with E-state index >= 15 is 0 Å². The van der Waals surface area contributed by atoms with Gasteiger partial charge in [0.15, 0.2) is 0 Å². The number of nitrogens with one attached hydrogen (secondary N) is 1. The Kier molecular flexibility index (Phi) is 5.61. The average Bonchev–Trinajstić information content (AvgIpc) is 2.74. The van der Waals surface area contributed by atoms with Crippen molar-refractivity contribution < 1.29 is 18.3 Å². The molecule has 0 amide bonds. The minimum Gasteiger partial charge on any atom is -0.396 e. The van der Waals surface area contributed by atoms with Gasteiger partial charge in [0, 0.05) is 18.8 Å². The Bertz CT molecular complexity index is 352. The summed E-state index contributed by atoms with van der Waals surface area (Å²) in [5.74, 6) is 0. The van der Waals surface area contributed by atoms with Crippen LogP contribution in [0.1, 0.15) is 25.3 Å². The number of alkyl halides is 3. The van der Waals surface area contributed by atoms with Crippen molar-refractivity contribution >= 4 is 0 Å². The maximum Gasteiger partial charge on any atom is 0.419 e. The van der Waals surface area contributed by atoms with Crippen LogP contribution in [0.25, 0.3) is 0 Å². The first-order valence-corrected chi connectivity index (χ1v) is 5.91. The van der Waals surface area contributed by atoms with Gasteiger partial charge in [-0.25, -0.2) is 0 Å². The molecule has 7 heteroatoms. The monoisotopic (exact) mass is 265 g/mol. The molecule has 1 rings (SSSR count). The zero-order valence-corrected chi connectivity index (χ0v) is 10.2. The van der Waals surface area contributed by atoms with E-state index in [0.29, 0.717) is 13.0 Å². The Morgan fingerprint density at radius 3 is 2.72 bits per heavy atom. The van der Waals surface area contributed by atoms with Crippen LogP contribution >= 0.6 is 0 Å². The largest absolute Gasteiger partial charge is 0.419 e. The molecule has 0 spiro atoms. The molecule has 0 aliphatic rings. The standard InChI is InChI=1S/C11H18F3N3O/c1-2-4-15-10(3-5-18)8-17-7-9(6-16-17)11(12,13)14/h6-7,10,15,18H,2-5,8H2,1H3. The molecule has 0 aromatic carbocycles. The van der Waals surface area contributed by atoms with Crippen LogP contribution in [0.5, 0.6) is 0 Å². The molecule has 1 aromatic heterocycles. The van der Waals surface area contributed by atoms with Gasteiger partial charge < -0.3 is 10.4 Å². The third kappa shape index (κ3) is 4.66. The molecule has 0 bridgehead atoms. The molecule has 0 saturated carbocycles. The summed E-state index contributed by atoms with van der Waals surface area (Å²) in [5.41, 5.74) is -0.749. The number of nitrogens with zero attached hydrogens (tertiary/aromatic N) is 2. The van der Waals surface area contributed by atoms with Gasteiger partial charge in [0.1, 0.15) is 0 Å². The van der Waals surface area contributed by atoms with Gasteiger partial charge in [-0.1, -0.05) is 6.92 Å². The molecule has 104 valence electrons. The van der Waals surface area contributed by atoms with Crippen molar-refractivity contribution in [3.8, 4) is 0 Å².